The van der Waals surface area contributed by atoms with Crippen LogP contribution in [0.15, 0.2) is 30.3 Å². The Balaban J connectivity index is 2.58. The highest BCUT2D eigenvalue weighted by atomic mass is 16.6. The van der Waals surface area contributed by atoms with Gasteiger partial charge in [-0.05, 0) is 33.3 Å². The second-order valence-corrected chi connectivity index (χ2v) is 5.96. The van der Waals surface area contributed by atoms with Crippen LogP contribution in [0.5, 0.6) is 0 Å². The van der Waals surface area contributed by atoms with Crippen LogP contribution < -0.4 is 5.32 Å². The molecule has 1 rings (SSSR count). The van der Waals surface area contributed by atoms with Crippen molar-refractivity contribution in [1.29, 1.82) is 0 Å². The van der Waals surface area contributed by atoms with Crippen LogP contribution in [0, 0.1) is 0 Å². The van der Waals surface area contributed by atoms with E-state index in [9.17, 15) is 14.7 Å². The number of rotatable bonds is 6. The fraction of sp³-hybridized carbons (Fsp3) is 0.500. The number of nitrogens with one attached hydrogen (secondary N) is 1. The zero-order chi connectivity index (χ0) is 16.8. The van der Waals surface area contributed by atoms with Crippen molar-refractivity contribution in [3.8, 4) is 0 Å². The van der Waals surface area contributed by atoms with Crippen LogP contribution in [0.4, 0.5) is 4.79 Å². The van der Waals surface area contributed by atoms with Gasteiger partial charge in [-0.3, -0.25) is 0 Å². The zero-order valence-corrected chi connectivity index (χ0v) is 13.3. The second kappa shape index (κ2) is 7.79. The molecule has 122 valence electrons. The monoisotopic (exact) mass is 314 g/mol. The largest absolute Gasteiger partial charge is 0.480 e. The smallest absolute Gasteiger partial charge is 0.408 e. The summed E-state index contributed by atoms with van der Waals surface area (Å²) in [6.45, 7) is 6.98. The van der Waals surface area contributed by atoms with E-state index in [0.29, 0.717) is 0 Å². The number of carboxylic acid groups (broad SMARTS) is 1. The van der Waals surface area contributed by atoms with Crippen molar-refractivity contribution in [2.45, 2.75) is 52.0 Å². The Morgan fingerprint density at radius 2 is 1.82 bits per heavy atom. The molecule has 1 aromatic carbocycles. The summed E-state index contributed by atoms with van der Waals surface area (Å²) < 4.78 is 10.6. The predicted molar refractivity (Wildman–Crippen MR) is 81.5 cm³/mol. The van der Waals surface area contributed by atoms with Gasteiger partial charge in [0.25, 0.3) is 0 Å². The van der Waals surface area contributed by atoms with Crippen molar-refractivity contribution in [2.24, 2.45) is 0 Å². The zero-order valence-electron chi connectivity index (χ0n) is 13.3. The lowest BCUT2D eigenvalue weighted by Crippen LogP contribution is -2.50. The van der Waals surface area contributed by atoms with E-state index in [-0.39, 0.29) is 6.61 Å². The van der Waals surface area contributed by atoms with Crippen LogP contribution in [0.25, 0.3) is 0 Å². The first kappa shape index (κ1) is 18.0. The molecule has 0 aliphatic carbocycles. The molecule has 0 unspecified atom stereocenters. The molecule has 0 saturated carbocycles. The van der Waals surface area contributed by atoms with Crippen molar-refractivity contribution in [2.75, 3.05) is 0 Å². The fourth-order valence-electron chi connectivity index (χ4n) is 1.71. The van der Waals surface area contributed by atoms with E-state index in [1.807, 2.05) is 30.3 Å². The molecule has 2 N–H and O–H groups in total. The molecule has 2 atom stereocenters. The minimum atomic E-state index is -1.18. The lowest BCUT2D eigenvalue weighted by Gasteiger charge is -2.25. The molecule has 1 amide bonds. The molecular weight excluding hydrogens is 291 g/mol. The van der Waals surface area contributed by atoms with Crippen molar-refractivity contribution < 1.29 is 24.2 Å². The maximum absolute atomic E-state index is 11.7. The molecule has 0 saturated heterocycles. The maximum atomic E-state index is 11.7. The Hall–Kier alpha value is -2.08. The summed E-state index contributed by atoms with van der Waals surface area (Å²) in [6.07, 6.45) is -1.49. The number of aliphatic carboxylic acids is 1. The van der Waals surface area contributed by atoms with E-state index in [2.05, 4.69) is 5.32 Å². The van der Waals surface area contributed by atoms with Gasteiger partial charge >= 0.3 is 12.1 Å². The Bertz CT molecular complexity index is 495. The summed E-state index contributed by atoms with van der Waals surface area (Å²) in [7, 11) is 0. The lowest BCUT2D eigenvalue weighted by molar-refractivity contribution is -0.143. The number of ether oxygens (including phenoxy) is 2. The molecule has 0 aliphatic rings. The molecule has 0 heterocycles. The van der Waals surface area contributed by atoms with E-state index in [1.54, 1.807) is 27.7 Å². The molecule has 0 spiro atoms. The number of hydrogen-bond acceptors (Lipinski definition) is 4. The molecule has 6 heteroatoms. The van der Waals surface area contributed by atoms with Crippen LogP contribution in [0.1, 0.15) is 33.3 Å². The molecule has 0 fully saturated rings. The highest BCUT2D eigenvalue weighted by molar-refractivity contribution is 5.80. The number of amides is 1. The average Bonchev–Trinajstić information content (AvgIpc) is 2.41. The average molecular weight is 314 g/mol. The summed E-state index contributed by atoms with van der Waals surface area (Å²) in [5.41, 5.74) is 0.233. The molecule has 0 aromatic heterocycles. The van der Waals surface area contributed by atoms with Crippen molar-refractivity contribution in [1.82, 2.24) is 5.32 Å². The molecule has 22 heavy (non-hydrogen) atoms. The molecule has 0 aliphatic heterocycles. The van der Waals surface area contributed by atoms with E-state index >= 15 is 0 Å². The van der Waals surface area contributed by atoms with E-state index in [0.717, 1.165) is 5.56 Å². The van der Waals surface area contributed by atoms with Gasteiger partial charge in [0.1, 0.15) is 5.60 Å². The minimum Gasteiger partial charge on any atom is -0.480 e. The van der Waals surface area contributed by atoms with Gasteiger partial charge in [-0.15, -0.1) is 0 Å². The van der Waals surface area contributed by atoms with Crippen LogP contribution in [0.3, 0.4) is 0 Å². The van der Waals surface area contributed by atoms with Gasteiger partial charge in [0.05, 0.1) is 12.7 Å². The first-order chi connectivity index (χ1) is 10.2. The topological polar surface area (TPSA) is 84.9 Å². The van der Waals surface area contributed by atoms with Crippen LogP contribution >= 0.6 is 0 Å². The number of benzene rings is 1. The van der Waals surface area contributed by atoms with Gasteiger partial charge in [-0.25, -0.2) is 9.59 Å². The van der Waals surface area contributed by atoms with Crippen LogP contribution in [-0.4, -0.2) is 34.9 Å². The molecule has 6 nitrogen and oxygen atoms in total. The van der Waals surface area contributed by atoms with Gasteiger partial charge < -0.3 is 19.9 Å². The normalized spacial score (nSPS) is 14.0. The van der Waals surface area contributed by atoms with Crippen LogP contribution in [0.2, 0.25) is 0 Å². The van der Waals surface area contributed by atoms with Crippen molar-refractivity contribution in [3.05, 3.63) is 35.9 Å². The van der Waals surface area contributed by atoms with Gasteiger partial charge in [0.2, 0.25) is 0 Å². The summed E-state index contributed by atoms with van der Waals surface area (Å²) in [5.74, 6) is -1.17. The summed E-state index contributed by atoms with van der Waals surface area (Å²) in [5, 5.41) is 11.6. The van der Waals surface area contributed by atoms with Gasteiger partial charge in [-0.2, -0.15) is 0 Å². The highest BCUT2D eigenvalue weighted by Crippen LogP contribution is 2.09. The Labute approximate surface area is 130 Å². The van der Waals surface area contributed by atoms with Gasteiger partial charge in [0.15, 0.2) is 6.04 Å². The lowest BCUT2D eigenvalue weighted by atomic mass is 10.2. The maximum Gasteiger partial charge on any atom is 0.408 e. The van der Waals surface area contributed by atoms with Crippen LogP contribution in [-0.2, 0) is 20.9 Å². The number of carbonyl (C=O) groups excluding carboxylic acids is 1. The molecule has 0 radical (unpaired) electrons. The standard InChI is InChI=1S/C16H23NO5/c1-11(21-10-12-8-6-5-7-9-12)13(14(18)19)17-15(20)22-16(2,3)4/h5-9,11,13H,10H2,1-4H3,(H,17,20)(H,18,19)/t11-,13+/m1/s1/i1+1,11+1,13+1,14+1,17+1. The Morgan fingerprint density at radius 3 is 2.32 bits per heavy atom. The third kappa shape index (κ3) is 6.58. The number of carboxylic acids is 1. The third-order valence-corrected chi connectivity index (χ3v) is 2.76. The van der Waals surface area contributed by atoms with E-state index < -0.39 is 29.8 Å². The van der Waals surface area contributed by atoms with Crippen molar-refractivity contribution in [3.63, 3.8) is 0 Å². The predicted octanol–water partition coefficient (Wildman–Crippen LogP) is 2.57. The summed E-state index contributed by atoms with van der Waals surface area (Å²) in [4.78, 5) is 23.0. The SMILES string of the molecule is CC(C)(C)OC(=O)[15NH][13C@H]([13C](=O)O)[13C@@H]([13CH3])OCc1ccccc1. The van der Waals surface area contributed by atoms with Gasteiger partial charge in [-0.1, -0.05) is 30.3 Å². The van der Waals surface area contributed by atoms with Gasteiger partial charge in [0, 0.05) is 0 Å². The number of alkyl carbamates (subject to hydrolysis) is 1. The van der Waals surface area contributed by atoms with E-state index in [4.69, 9.17) is 9.47 Å². The summed E-state index contributed by atoms with van der Waals surface area (Å²) in [6, 6.07) is 8.21. The van der Waals surface area contributed by atoms with E-state index in [1.165, 1.54) is 0 Å². The minimum absolute atomic E-state index is 0.266. The first-order valence-electron chi connectivity index (χ1n) is 7.07. The number of carbonyl (C=O) groups is 2. The number of hydrogen-bond donors (Lipinski definition) is 2. The first-order valence-corrected chi connectivity index (χ1v) is 7.07. The molecule has 0 bridgehead atoms. The quantitative estimate of drug-likeness (QED) is 0.622. The van der Waals surface area contributed by atoms with Crippen molar-refractivity contribution >= 4 is 12.1 Å². The third-order valence-electron chi connectivity index (χ3n) is 2.76. The fourth-order valence-corrected chi connectivity index (χ4v) is 1.71. The second-order valence-electron chi connectivity index (χ2n) is 5.96. The highest BCUT2D eigenvalue weighted by Gasteiger charge is 2.29. The molecule has 1 aromatic rings. The summed E-state index contributed by atoms with van der Waals surface area (Å²) >= 11 is 0. The Morgan fingerprint density at radius 1 is 1.23 bits per heavy atom. The Kier molecular flexibility index (Phi) is 6.37. The molecular formula is C16H23NO5.